The molecular weight excluding hydrogens is 271 g/mol. The number of aromatic nitrogens is 2. The van der Waals surface area contributed by atoms with E-state index in [2.05, 4.69) is 17.4 Å². The first-order valence-corrected chi connectivity index (χ1v) is 6.99. The summed E-state index contributed by atoms with van der Waals surface area (Å²) < 4.78 is 20.3. The van der Waals surface area contributed by atoms with Crippen molar-refractivity contribution in [3.63, 3.8) is 0 Å². The number of ether oxygens (including phenoxy) is 1. The Hall–Kier alpha value is -1.92. The molecular formula is C15H21FN4O. The van der Waals surface area contributed by atoms with Gasteiger partial charge in [-0.1, -0.05) is 19.1 Å². The third-order valence-electron chi connectivity index (χ3n) is 3.38. The minimum Gasteiger partial charge on any atom is -0.493 e. The number of rotatable bonds is 7. The predicted octanol–water partition coefficient (Wildman–Crippen LogP) is 2.19. The maximum absolute atomic E-state index is 13.0. The highest BCUT2D eigenvalue weighted by molar-refractivity contribution is 5.30. The molecule has 0 amide bonds. The molecule has 0 aliphatic rings. The standard InChI is InChI=1S/C15H21FN4O/c1-3-8-20-15(14(21-2)10-18-20)13(19-17)9-11-4-6-12(16)7-5-11/h4-7,10,13,19H,3,8-9,17H2,1-2H3. The van der Waals surface area contributed by atoms with Crippen LogP contribution >= 0.6 is 0 Å². The Kier molecular flexibility index (Phi) is 5.30. The highest BCUT2D eigenvalue weighted by Crippen LogP contribution is 2.27. The van der Waals surface area contributed by atoms with Gasteiger partial charge < -0.3 is 4.74 Å². The number of halogens is 1. The predicted molar refractivity (Wildman–Crippen MR) is 79.2 cm³/mol. The van der Waals surface area contributed by atoms with E-state index in [0.717, 1.165) is 24.2 Å². The Morgan fingerprint density at radius 3 is 2.67 bits per heavy atom. The van der Waals surface area contributed by atoms with Gasteiger partial charge in [0.1, 0.15) is 5.82 Å². The summed E-state index contributed by atoms with van der Waals surface area (Å²) >= 11 is 0. The molecule has 0 spiro atoms. The van der Waals surface area contributed by atoms with E-state index in [4.69, 9.17) is 10.6 Å². The molecule has 0 radical (unpaired) electrons. The Morgan fingerprint density at radius 1 is 1.38 bits per heavy atom. The van der Waals surface area contributed by atoms with Gasteiger partial charge in [0.05, 0.1) is 25.0 Å². The lowest BCUT2D eigenvalue weighted by atomic mass is 10.0. The van der Waals surface area contributed by atoms with Crippen LogP contribution in [0.15, 0.2) is 30.5 Å². The largest absolute Gasteiger partial charge is 0.493 e. The van der Waals surface area contributed by atoms with Crippen LogP contribution in [0.25, 0.3) is 0 Å². The van der Waals surface area contributed by atoms with Crippen molar-refractivity contribution in [3.8, 4) is 5.75 Å². The number of nitrogens with zero attached hydrogens (tertiary/aromatic N) is 2. The summed E-state index contributed by atoms with van der Waals surface area (Å²) in [4.78, 5) is 0. The molecule has 0 aliphatic heterocycles. The lowest BCUT2D eigenvalue weighted by Gasteiger charge is -2.19. The second-order valence-electron chi connectivity index (χ2n) is 4.87. The quantitative estimate of drug-likeness (QED) is 0.606. The van der Waals surface area contributed by atoms with Crippen molar-refractivity contribution in [3.05, 3.63) is 47.5 Å². The van der Waals surface area contributed by atoms with Gasteiger partial charge in [-0.05, 0) is 30.5 Å². The average molecular weight is 292 g/mol. The van der Waals surface area contributed by atoms with E-state index in [1.165, 1.54) is 12.1 Å². The zero-order valence-corrected chi connectivity index (χ0v) is 12.3. The minimum atomic E-state index is -0.246. The second-order valence-corrected chi connectivity index (χ2v) is 4.87. The van der Waals surface area contributed by atoms with Crippen molar-refractivity contribution in [1.29, 1.82) is 0 Å². The van der Waals surface area contributed by atoms with E-state index in [9.17, 15) is 4.39 Å². The fourth-order valence-corrected chi connectivity index (χ4v) is 2.37. The molecule has 6 heteroatoms. The fraction of sp³-hybridized carbons (Fsp3) is 0.400. The topological polar surface area (TPSA) is 65.1 Å². The highest BCUT2D eigenvalue weighted by atomic mass is 19.1. The summed E-state index contributed by atoms with van der Waals surface area (Å²) in [6.45, 7) is 2.88. The van der Waals surface area contributed by atoms with Crippen LogP contribution in [0, 0.1) is 5.82 Å². The van der Waals surface area contributed by atoms with E-state index in [1.54, 1.807) is 25.4 Å². The van der Waals surface area contributed by atoms with Crippen LogP contribution < -0.4 is 16.0 Å². The molecule has 1 atom stereocenters. The molecule has 114 valence electrons. The fourth-order valence-electron chi connectivity index (χ4n) is 2.37. The number of hydrazine groups is 1. The highest BCUT2D eigenvalue weighted by Gasteiger charge is 2.21. The van der Waals surface area contributed by atoms with Crippen LogP contribution in [0.4, 0.5) is 4.39 Å². The van der Waals surface area contributed by atoms with Crippen molar-refractivity contribution in [2.24, 2.45) is 5.84 Å². The molecule has 0 bridgehead atoms. The second kappa shape index (κ2) is 7.19. The van der Waals surface area contributed by atoms with Gasteiger partial charge in [0.2, 0.25) is 0 Å². The smallest absolute Gasteiger partial charge is 0.161 e. The monoisotopic (exact) mass is 292 g/mol. The van der Waals surface area contributed by atoms with Crippen LogP contribution in [-0.4, -0.2) is 16.9 Å². The molecule has 1 heterocycles. The maximum atomic E-state index is 13.0. The molecule has 21 heavy (non-hydrogen) atoms. The van der Waals surface area contributed by atoms with Gasteiger partial charge in [-0.25, -0.2) is 4.39 Å². The molecule has 1 aromatic carbocycles. The summed E-state index contributed by atoms with van der Waals surface area (Å²) in [7, 11) is 1.61. The number of methoxy groups -OCH3 is 1. The molecule has 0 aliphatic carbocycles. The third-order valence-corrected chi connectivity index (χ3v) is 3.38. The van der Waals surface area contributed by atoms with Gasteiger partial charge >= 0.3 is 0 Å². The summed E-state index contributed by atoms with van der Waals surface area (Å²) in [5, 5.41) is 4.34. The zero-order chi connectivity index (χ0) is 15.2. The first kappa shape index (κ1) is 15.5. The molecule has 3 N–H and O–H groups in total. The van der Waals surface area contributed by atoms with Gasteiger partial charge in [0.25, 0.3) is 0 Å². The molecule has 1 unspecified atom stereocenters. The van der Waals surface area contributed by atoms with E-state index in [1.807, 2.05) is 4.68 Å². The van der Waals surface area contributed by atoms with E-state index in [0.29, 0.717) is 12.2 Å². The van der Waals surface area contributed by atoms with Crippen LogP contribution in [0.5, 0.6) is 5.75 Å². The van der Waals surface area contributed by atoms with Gasteiger partial charge in [-0.15, -0.1) is 0 Å². The van der Waals surface area contributed by atoms with E-state index < -0.39 is 0 Å². The van der Waals surface area contributed by atoms with Gasteiger partial charge in [0.15, 0.2) is 5.75 Å². The van der Waals surface area contributed by atoms with Crippen LogP contribution in [0.3, 0.4) is 0 Å². The summed E-state index contributed by atoms with van der Waals surface area (Å²) in [5.74, 6) is 6.17. The van der Waals surface area contributed by atoms with Crippen LogP contribution in [0.2, 0.25) is 0 Å². The molecule has 0 saturated carbocycles. The van der Waals surface area contributed by atoms with E-state index >= 15 is 0 Å². The Balaban J connectivity index is 2.27. The number of nitrogens with one attached hydrogen (secondary N) is 1. The summed E-state index contributed by atoms with van der Waals surface area (Å²) in [6.07, 6.45) is 3.29. The Bertz CT molecular complexity index is 568. The molecule has 5 nitrogen and oxygen atoms in total. The van der Waals surface area contributed by atoms with E-state index in [-0.39, 0.29) is 11.9 Å². The van der Waals surface area contributed by atoms with Crippen LogP contribution in [0.1, 0.15) is 30.6 Å². The number of hydrogen-bond acceptors (Lipinski definition) is 4. The zero-order valence-electron chi connectivity index (χ0n) is 12.3. The van der Waals surface area contributed by atoms with Gasteiger partial charge in [-0.3, -0.25) is 16.0 Å². The van der Waals surface area contributed by atoms with Crippen molar-refractivity contribution >= 4 is 0 Å². The average Bonchev–Trinajstić information content (AvgIpc) is 2.90. The van der Waals surface area contributed by atoms with Crippen molar-refractivity contribution in [1.82, 2.24) is 15.2 Å². The number of nitrogens with two attached hydrogens (primary N) is 1. The first-order chi connectivity index (χ1) is 10.2. The number of aryl methyl sites for hydroxylation is 1. The SMILES string of the molecule is CCCn1ncc(OC)c1C(Cc1ccc(F)cc1)NN. The molecule has 2 rings (SSSR count). The lowest BCUT2D eigenvalue weighted by Crippen LogP contribution is -2.31. The molecule has 0 fully saturated rings. The van der Waals surface area contributed by atoms with Gasteiger partial charge in [0, 0.05) is 6.54 Å². The summed E-state index contributed by atoms with van der Waals surface area (Å²) in [6, 6.07) is 6.26. The minimum absolute atomic E-state index is 0.153. The maximum Gasteiger partial charge on any atom is 0.161 e. The van der Waals surface area contributed by atoms with Crippen LogP contribution in [-0.2, 0) is 13.0 Å². The molecule has 2 aromatic rings. The summed E-state index contributed by atoms with van der Waals surface area (Å²) in [5.41, 5.74) is 4.71. The van der Waals surface area contributed by atoms with Crippen molar-refractivity contribution in [2.45, 2.75) is 32.4 Å². The van der Waals surface area contributed by atoms with Crippen molar-refractivity contribution < 1.29 is 9.13 Å². The Labute approximate surface area is 123 Å². The number of hydrogen-bond donors (Lipinski definition) is 2. The first-order valence-electron chi connectivity index (χ1n) is 6.99. The van der Waals surface area contributed by atoms with Gasteiger partial charge in [-0.2, -0.15) is 5.10 Å². The van der Waals surface area contributed by atoms with Crippen molar-refractivity contribution in [2.75, 3.05) is 7.11 Å². The number of benzene rings is 1. The third kappa shape index (κ3) is 3.59. The molecule has 0 saturated heterocycles. The normalized spacial score (nSPS) is 12.4. The lowest BCUT2D eigenvalue weighted by molar-refractivity contribution is 0.389. The Morgan fingerprint density at radius 2 is 2.10 bits per heavy atom. The molecule has 1 aromatic heterocycles.